The monoisotopic (exact) mass is 253 g/mol. The number of fused-ring (bicyclic) bond motifs is 1. The van der Waals surface area contributed by atoms with Crippen molar-refractivity contribution in [2.45, 2.75) is 25.9 Å². The van der Waals surface area contributed by atoms with Crippen LogP contribution in [0.2, 0.25) is 5.02 Å². The van der Waals surface area contributed by atoms with Crippen LogP contribution >= 0.6 is 11.6 Å². The minimum atomic E-state index is -0.469. The summed E-state index contributed by atoms with van der Waals surface area (Å²) in [5.41, 5.74) is 7.67. The van der Waals surface area contributed by atoms with Gasteiger partial charge in [0.25, 0.3) is 0 Å². The molecule has 0 bridgehead atoms. The molecule has 1 atom stereocenters. The third kappa shape index (κ3) is 2.16. The smallest absolute Gasteiger partial charge is 0.129 e. The maximum atomic E-state index is 9.17. The normalized spacial score (nSPS) is 13.5. The lowest BCUT2D eigenvalue weighted by molar-refractivity contribution is 0.260. The van der Waals surface area contributed by atoms with Crippen LogP contribution in [0.1, 0.15) is 31.8 Å². The highest BCUT2D eigenvalue weighted by Gasteiger charge is 2.18. The summed E-state index contributed by atoms with van der Waals surface area (Å²) in [5, 5.41) is 9.84. The van der Waals surface area contributed by atoms with Gasteiger partial charge in [-0.2, -0.15) is 0 Å². The second-order valence-corrected chi connectivity index (χ2v) is 4.79. The summed E-state index contributed by atoms with van der Waals surface area (Å²) in [7, 11) is 0. The van der Waals surface area contributed by atoms with Crippen molar-refractivity contribution in [3.05, 3.63) is 29.0 Å². The van der Waals surface area contributed by atoms with Gasteiger partial charge in [-0.15, -0.1) is 0 Å². The summed E-state index contributed by atoms with van der Waals surface area (Å²) >= 11 is 6.00. The Bertz CT molecular complexity index is 536. The standard InChI is InChI=1S/C12H16ClN3O/c1-7(2)16-11-5-8(13)3-4-10(11)15-12(16)9(14)6-17/h3-5,7,9,17H,6,14H2,1-2H3. The molecule has 92 valence electrons. The van der Waals surface area contributed by atoms with E-state index in [2.05, 4.69) is 18.8 Å². The predicted octanol–water partition coefficient (Wildman–Crippen LogP) is 2.26. The quantitative estimate of drug-likeness (QED) is 0.882. The van der Waals surface area contributed by atoms with Crippen molar-refractivity contribution in [2.75, 3.05) is 6.61 Å². The van der Waals surface area contributed by atoms with Gasteiger partial charge in [0.05, 0.1) is 23.7 Å². The number of aliphatic hydroxyl groups is 1. The average Bonchev–Trinajstić information content (AvgIpc) is 2.66. The molecule has 17 heavy (non-hydrogen) atoms. The van der Waals surface area contributed by atoms with Crippen LogP contribution in [0.5, 0.6) is 0 Å². The summed E-state index contributed by atoms with van der Waals surface area (Å²) in [6.07, 6.45) is 0. The molecular formula is C12H16ClN3O. The number of halogens is 1. The van der Waals surface area contributed by atoms with Gasteiger partial charge in [-0.25, -0.2) is 4.98 Å². The molecule has 4 nitrogen and oxygen atoms in total. The van der Waals surface area contributed by atoms with Crippen molar-refractivity contribution in [2.24, 2.45) is 5.73 Å². The molecule has 2 aromatic rings. The molecule has 0 saturated heterocycles. The number of aliphatic hydroxyl groups excluding tert-OH is 1. The fourth-order valence-corrected chi connectivity index (χ4v) is 2.14. The van der Waals surface area contributed by atoms with Crippen LogP contribution < -0.4 is 5.73 Å². The molecule has 0 aliphatic heterocycles. The zero-order chi connectivity index (χ0) is 12.6. The van der Waals surface area contributed by atoms with Crippen LogP contribution in [0.15, 0.2) is 18.2 Å². The molecular weight excluding hydrogens is 238 g/mol. The van der Waals surface area contributed by atoms with E-state index in [1.807, 2.05) is 16.7 Å². The first-order valence-corrected chi connectivity index (χ1v) is 5.96. The fourth-order valence-electron chi connectivity index (χ4n) is 1.97. The van der Waals surface area contributed by atoms with Crippen LogP contribution in [0, 0.1) is 0 Å². The van der Waals surface area contributed by atoms with Gasteiger partial charge in [-0.05, 0) is 32.0 Å². The van der Waals surface area contributed by atoms with Gasteiger partial charge in [0.1, 0.15) is 5.82 Å². The molecule has 5 heteroatoms. The number of imidazole rings is 1. The van der Waals surface area contributed by atoms with Gasteiger partial charge in [0, 0.05) is 11.1 Å². The molecule has 0 saturated carbocycles. The van der Waals surface area contributed by atoms with Crippen LogP contribution in [0.3, 0.4) is 0 Å². The van der Waals surface area contributed by atoms with Crippen molar-refractivity contribution < 1.29 is 5.11 Å². The molecule has 3 N–H and O–H groups in total. The number of aromatic nitrogens is 2. The number of hydrogen-bond acceptors (Lipinski definition) is 3. The molecule has 1 aromatic heterocycles. The third-order valence-corrected chi connectivity index (χ3v) is 2.96. The molecule has 0 aliphatic carbocycles. The molecule has 0 aliphatic rings. The van der Waals surface area contributed by atoms with E-state index in [-0.39, 0.29) is 12.6 Å². The lowest BCUT2D eigenvalue weighted by Gasteiger charge is -2.16. The minimum absolute atomic E-state index is 0.121. The zero-order valence-electron chi connectivity index (χ0n) is 9.89. The average molecular weight is 254 g/mol. The molecule has 0 radical (unpaired) electrons. The van der Waals surface area contributed by atoms with Crippen molar-refractivity contribution >= 4 is 22.6 Å². The van der Waals surface area contributed by atoms with E-state index in [1.165, 1.54) is 0 Å². The molecule has 0 fully saturated rings. The van der Waals surface area contributed by atoms with E-state index in [4.69, 9.17) is 22.4 Å². The maximum absolute atomic E-state index is 9.17. The van der Waals surface area contributed by atoms with Crippen molar-refractivity contribution in [1.29, 1.82) is 0 Å². The summed E-state index contributed by atoms with van der Waals surface area (Å²) in [4.78, 5) is 4.47. The second kappa shape index (κ2) is 4.64. The Labute approximate surface area is 105 Å². The van der Waals surface area contributed by atoms with Gasteiger partial charge < -0.3 is 15.4 Å². The van der Waals surface area contributed by atoms with Crippen molar-refractivity contribution in [3.63, 3.8) is 0 Å². The highest BCUT2D eigenvalue weighted by atomic mass is 35.5. The molecule has 2 rings (SSSR count). The number of benzene rings is 1. The Balaban J connectivity index is 2.71. The van der Waals surface area contributed by atoms with Crippen LogP contribution in [-0.2, 0) is 0 Å². The van der Waals surface area contributed by atoms with Crippen molar-refractivity contribution in [1.82, 2.24) is 9.55 Å². The van der Waals surface area contributed by atoms with Gasteiger partial charge in [0.15, 0.2) is 0 Å². The molecule has 1 unspecified atom stereocenters. The van der Waals surface area contributed by atoms with Crippen LogP contribution in [0.4, 0.5) is 0 Å². The molecule has 0 amide bonds. The number of nitrogens with zero attached hydrogens (tertiary/aromatic N) is 2. The second-order valence-electron chi connectivity index (χ2n) is 4.36. The molecule has 0 spiro atoms. The van der Waals surface area contributed by atoms with E-state index in [0.29, 0.717) is 10.8 Å². The van der Waals surface area contributed by atoms with E-state index in [0.717, 1.165) is 11.0 Å². The Morgan fingerprint density at radius 1 is 1.47 bits per heavy atom. The highest BCUT2D eigenvalue weighted by molar-refractivity contribution is 6.31. The number of rotatable bonds is 3. The first-order chi connectivity index (χ1) is 8.04. The largest absolute Gasteiger partial charge is 0.394 e. The number of nitrogens with two attached hydrogens (primary N) is 1. The molecule has 1 aromatic carbocycles. The summed E-state index contributed by atoms with van der Waals surface area (Å²) in [5.74, 6) is 0.694. The first kappa shape index (κ1) is 12.4. The summed E-state index contributed by atoms with van der Waals surface area (Å²) in [6, 6.07) is 5.28. The predicted molar refractivity (Wildman–Crippen MR) is 69.1 cm³/mol. The fraction of sp³-hybridized carbons (Fsp3) is 0.417. The van der Waals surface area contributed by atoms with E-state index in [9.17, 15) is 0 Å². The lowest BCUT2D eigenvalue weighted by atomic mass is 10.2. The van der Waals surface area contributed by atoms with Gasteiger partial charge in [-0.3, -0.25) is 0 Å². The number of hydrogen-bond donors (Lipinski definition) is 2. The Kier molecular flexibility index (Phi) is 3.38. The van der Waals surface area contributed by atoms with Crippen LogP contribution in [-0.4, -0.2) is 21.3 Å². The van der Waals surface area contributed by atoms with E-state index < -0.39 is 6.04 Å². The maximum Gasteiger partial charge on any atom is 0.129 e. The minimum Gasteiger partial charge on any atom is -0.394 e. The zero-order valence-corrected chi connectivity index (χ0v) is 10.6. The summed E-state index contributed by atoms with van der Waals surface area (Å²) < 4.78 is 2.02. The highest BCUT2D eigenvalue weighted by Crippen LogP contribution is 2.26. The Morgan fingerprint density at radius 3 is 2.76 bits per heavy atom. The first-order valence-electron chi connectivity index (χ1n) is 5.58. The van der Waals surface area contributed by atoms with Crippen molar-refractivity contribution in [3.8, 4) is 0 Å². The van der Waals surface area contributed by atoms with Gasteiger partial charge in [0.2, 0.25) is 0 Å². The topological polar surface area (TPSA) is 64.1 Å². The third-order valence-electron chi connectivity index (χ3n) is 2.72. The van der Waals surface area contributed by atoms with E-state index >= 15 is 0 Å². The van der Waals surface area contributed by atoms with Crippen LogP contribution in [0.25, 0.3) is 11.0 Å². The Hall–Kier alpha value is -1.10. The van der Waals surface area contributed by atoms with E-state index in [1.54, 1.807) is 6.07 Å². The van der Waals surface area contributed by atoms with Gasteiger partial charge >= 0.3 is 0 Å². The Morgan fingerprint density at radius 2 is 2.18 bits per heavy atom. The molecule has 1 heterocycles. The van der Waals surface area contributed by atoms with Gasteiger partial charge in [-0.1, -0.05) is 11.6 Å². The SMILES string of the molecule is CC(C)n1c(C(N)CO)nc2ccc(Cl)cc21. The summed E-state index contributed by atoms with van der Waals surface area (Å²) in [6.45, 7) is 3.98. The lowest BCUT2D eigenvalue weighted by Crippen LogP contribution is -2.20.